The molecule has 0 aliphatic rings. The Morgan fingerprint density at radius 1 is 0.846 bits per heavy atom. The minimum atomic E-state index is 0. The Bertz CT molecular complexity index is 97.3. The zero-order valence-corrected chi connectivity index (χ0v) is 8.81. The molecule has 0 aliphatic carbocycles. The first-order valence-electron chi connectivity index (χ1n) is 5.53. The fourth-order valence-electron chi connectivity index (χ4n) is 1.39. The molecule has 0 heterocycles. The molecule has 0 atom stereocenters. The number of allylic oxidation sites excluding steroid dienone is 2. The van der Waals surface area contributed by atoms with Gasteiger partial charge in [-0.15, -0.1) is 0 Å². The van der Waals surface area contributed by atoms with E-state index >= 15 is 0 Å². The van der Waals surface area contributed by atoms with Crippen LogP contribution in [0.4, 0.5) is 0 Å². The molecular formula is C12H27Al. The van der Waals surface area contributed by atoms with Crippen LogP contribution in [0.25, 0.3) is 0 Å². The normalized spacial score (nSPS) is 10.3. The maximum absolute atomic E-state index is 2.27. The van der Waals surface area contributed by atoms with E-state index in [9.17, 15) is 0 Å². The predicted octanol–water partition coefficient (Wildman–Crippen LogP) is 3.52. The number of hydrogen-bond acceptors (Lipinski definition) is 0. The average molecular weight is 198 g/mol. The standard InChI is InChI=1S/C12H24.Al.3H/c1-3-5-7-9-11-12-10-8-6-4-2;;;;/h3,5H,4,6-12H2,1-2H3;;;;. The van der Waals surface area contributed by atoms with Crippen LogP contribution in [-0.4, -0.2) is 17.4 Å². The topological polar surface area (TPSA) is 0 Å². The lowest BCUT2D eigenvalue weighted by molar-refractivity contribution is 0.592. The Balaban J connectivity index is 0. The van der Waals surface area contributed by atoms with Gasteiger partial charge >= 0.3 is 0 Å². The highest BCUT2D eigenvalue weighted by atomic mass is 27.0. The highest BCUT2D eigenvalue weighted by molar-refractivity contribution is 5.75. The lowest BCUT2D eigenvalue weighted by Crippen LogP contribution is -1.78. The van der Waals surface area contributed by atoms with Crippen LogP contribution in [0.15, 0.2) is 12.2 Å². The molecule has 0 aliphatic heterocycles. The first kappa shape index (κ1) is 15.7. The molecule has 0 aromatic carbocycles. The minimum Gasteiger partial charge on any atom is -0.0917 e. The van der Waals surface area contributed by atoms with Crippen LogP contribution < -0.4 is 0 Å². The maximum Gasteiger partial charge on any atom is 0.187 e. The Morgan fingerprint density at radius 2 is 1.38 bits per heavy atom. The molecule has 0 aromatic heterocycles. The van der Waals surface area contributed by atoms with Gasteiger partial charge in [-0.25, -0.2) is 0 Å². The summed E-state index contributed by atoms with van der Waals surface area (Å²) in [6.45, 7) is 4.37. The Hall–Kier alpha value is 0.272. The summed E-state index contributed by atoms with van der Waals surface area (Å²) in [5.41, 5.74) is 0. The molecule has 0 fully saturated rings. The van der Waals surface area contributed by atoms with E-state index in [1.165, 1.54) is 51.4 Å². The van der Waals surface area contributed by atoms with Gasteiger partial charge in [-0.3, -0.25) is 0 Å². The predicted molar refractivity (Wildman–Crippen MR) is 67.4 cm³/mol. The van der Waals surface area contributed by atoms with E-state index in [0.29, 0.717) is 0 Å². The second kappa shape index (κ2) is 14.8. The van der Waals surface area contributed by atoms with Crippen LogP contribution in [0.3, 0.4) is 0 Å². The van der Waals surface area contributed by atoms with Crippen molar-refractivity contribution < 1.29 is 0 Å². The molecule has 0 bridgehead atoms. The third-order valence-electron chi connectivity index (χ3n) is 2.21. The van der Waals surface area contributed by atoms with Gasteiger partial charge in [0.15, 0.2) is 17.4 Å². The molecule has 0 spiro atoms. The first-order valence-corrected chi connectivity index (χ1v) is 5.53. The van der Waals surface area contributed by atoms with Crippen LogP contribution in [0, 0.1) is 0 Å². The zero-order valence-electron chi connectivity index (χ0n) is 8.81. The molecule has 1 heteroatoms. The molecule has 0 saturated carbocycles. The van der Waals surface area contributed by atoms with E-state index in [4.69, 9.17) is 0 Å². The van der Waals surface area contributed by atoms with Gasteiger partial charge in [0.05, 0.1) is 0 Å². The molecule has 0 saturated heterocycles. The van der Waals surface area contributed by atoms with E-state index in [1.807, 2.05) is 0 Å². The fraction of sp³-hybridized carbons (Fsp3) is 0.833. The second-order valence-corrected chi connectivity index (χ2v) is 3.48. The first-order chi connectivity index (χ1) is 5.91. The Kier molecular flexibility index (Phi) is 17.9. The van der Waals surface area contributed by atoms with Crippen LogP contribution in [0.2, 0.25) is 0 Å². The van der Waals surface area contributed by atoms with Crippen LogP contribution in [0.1, 0.15) is 65.2 Å². The summed E-state index contributed by atoms with van der Waals surface area (Å²) >= 11 is 0. The molecular weight excluding hydrogens is 171 g/mol. The summed E-state index contributed by atoms with van der Waals surface area (Å²) in [7, 11) is 0. The quantitative estimate of drug-likeness (QED) is 0.318. The smallest absolute Gasteiger partial charge is 0.0917 e. The molecule has 0 radical (unpaired) electrons. The number of unbranched alkanes of at least 4 members (excludes halogenated alkanes) is 7. The van der Waals surface area contributed by atoms with Crippen molar-refractivity contribution in [2.24, 2.45) is 0 Å². The van der Waals surface area contributed by atoms with Crippen molar-refractivity contribution >= 4 is 17.4 Å². The van der Waals surface area contributed by atoms with Crippen molar-refractivity contribution in [2.75, 3.05) is 0 Å². The van der Waals surface area contributed by atoms with Crippen molar-refractivity contribution in [3.05, 3.63) is 12.2 Å². The molecule has 0 amide bonds. The van der Waals surface area contributed by atoms with E-state index in [-0.39, 0.29) is 17.4 Å². The maximum atomic E-state index is 2.27. The minimum absolute atomic E-state index is 0. The third kappa shape index (κ3) is 15.1. The van der Waals surface area contributed by atoms with Crippen LogP contribution in [-0.2, 0) is 0 Å². The van der Waals surface area contributed by atoms with Gasteiger partial charge in [-0.2, -0.15) is 0 Å². The zero-order chi connectivity index (χ0) is 9.07. The van der Waals surface area contributed by atoms with Gasteiger partial charge in [-0.1, -0.05) is 57.6 Å². The molecule has 0 aromatic rings. The van der Waals surface area contributed by atoms with Gasteiger partial charge < -0.3 is 0 Å². The highest BCUT2D eigenvalue weighted by Gasteiger charge is 1.88. The Labute approximate surface area is 94.9 Å². The highest BCUT2D eigenvalue weighted by Crippen LogP contribution is 2.08. The Morgan fingerprint density at radius 3 is 1.92 bits per heavy atom. The van der Waals surface area contributed by atoms with Crippen molar-refractivity contribution in [1.82, 2.24) is 0 Å². The monoisotopic (exact) mass is 198 g/mol. The van der Waals surface area contributed by atoms with Gasteiger partial charge in [0.1, 0.15) is 0 Å². The molecule has 78 valence electrons. The van der Waals surface area contributed by atoms with Gasteiger partial charge in [0.25, 0.3) is 0 Å². The molecule has 13 heavy (non-hydrogen) atoms. The summed E-state index contributed by atoms with van der Waals surface area (Å²) in [6.07, 6.45) is 15.6. The summed E-state index contributed by atoms with van der Waals surface area (Å²) in [5, 5.41) is 0. The van der Waals surface area contributed by atoms with Crippen molar-refractivity contribution in [3.63, 3.8) is 0 Å². The van der Waals surface area contributed by atoms with Crippen LogP contribution in [0.5, 0.6) is 0 Å². The van der Waals surface area contributed by atoms with Crippen LogP contribution >= 0.6 is 0 Å². The van der Waals surface area contributed by atoms with Crippen molar-refractivity contribution in [3.8, 4) is 0 Å². The van der Waals surface area contributed by atoms with Crippen molar-refractivity contribution in [1.29, 1.82) is 0 Å². The lowest BCUT2D eigenvalue weighted by atomic mass is 10.1. The lowest BCUT2D eigenvalue weighted by Gasteiger charge is -1.98. The third-order valence-corrected chi connectivity index (χ3v) is 2.21. The second-order valence-electron chi connectivity index (χ2n) is 3.48. The van der Waals surface area contributed by atoms with Gasteiger partial charge in [0, 0.05) is 0 Å². The van der Waals surface area contributed by atoms with E-state index < -0.39 is 0 Å². The largest absolute Gasteiger partial charge is 0.187 e. The summed E-state index contributed by atoms with van der Waals surface area (Å²) in [5.74, 6) is 0. The SMILES string of the molecule is CC=CCCCCCCCCC.[AlH3]. The summed E-state index contributed by atoms with van der Waals surface area (Å²) in [6, 6.07) is 0. The summed E-state index contributed by atoms with van der Waals surface area (Å²) < 4.78 is 0. The fourth-order valence-corrected chi connectivity index (χ4v) is 1.39. The number of rotatable bonds is 8. The molecule has 0 unspecified atom stereocenters. The van der Waals surface area contributed by atoms with E-state index in [0.717, 1.165) is 0 Å². The molecule has 0 nitrogen and oxygen atoms in total. The van der Waals surface area contributed by atoms with Crippen molar-refractivity contribution in [2.45, 2.75) is 65.2 Å². The van der Waals surface area contributed by atoms with Gasteiger partial charge in [-0.05, 0) is 19.8 Å². The van der Waals surface area contributed by atoms with E-state index in [1.54, 1.807) is 0 Å². The molecule has 0 rings (SSSR count). The molecule has 0 N–H and O–H groups in total. The summed E-state index contributed by atoms with van der Waals surface area (Å²) in [4.78, 5) is 0. The van der Waals surface area contributed by atoms with E-state index in [2.05, 4.69) is 26.0 Å². The average Bonchev–Trinajstić information content (AvgIpc) is 2.10. The number of hydrogen-bond donors (Lipinski definition) is 0. The van der Waals surface area contributed by atoms with Gasteiger partial charge in [0.2, 0.25) is 0 Å².